The molecule has 26 heavy (non-hydrogen) atoms. The quantitative estimate of drug-likeness (QED) is 0.297. The molecule has 4 nitrogen and oxygen atoms in total. The normalized spacial score (nSPS) is 13.0. The Morgan fingerprint density at radius 3 is 2.42 bits per heavy atom. The van der Waals surface area contributed by atoms with Crippen LogP contribution in [0.15, 0.2) is 54.6 Å². The van der Waals surface area contributed by atoms with E-state index in [1.807, 2.05) is 54.6 Å². The van der Waals surface area contributed by atoms with Crippen molar-refractivity contribution in [3.8, 4) is 0 Å². The number of alkyl carbamates (subject to hydrolysis) is 1. The molecule has 2 aromatic carbocycles. The van der Waals surface area contributed by atoms with Crippen LogP contribution in [-0.4, -0.2) is 13.2 Å². The van der Waals surface area contributed by atoms with Crippen LogP contribution in [0.5, 0.6) is 0 Å². The van der Waals surface area contributed by atoms with Gasteiger partial charge in [-0.1, -0.05) is 68.3 Å². The average molecular weight is 467 g/mol. The van der Waals surface area contributed by atoms with Crippen molar-refractivity contribution in [2.45, 2.75) is 44.9 Å². The molecule has 1 atom stereocenters. The van der Waals surface area contributed by atoms with E-state index in [1.54, 1.807) is 7.11 Å². The molecule has 0 radical (unpaired) electrons. The predicted molar refractivity (Wildman–Crippen MR) is 112 cm³/mol. The smallest absolute Gasteiger partial charge is 0.410 e. The van der Waals surface area contributed by atoms with Crippen LogP contribution >= 0.6 is 22.6 Å². The Morgan fingerprint density at radius 1 is 1.08 bits per heavy atom. The van der Waals surface area contributed by atoms with Gasteiger partial charge in [-0.25, -0.2) is 4.79 Å². The van der Waals surface area contributed by atoms with Crippen LogP contribution in [0.1, 0.15) is 43.7 Å². The van der Waals surface area contributed by atoms with E-state index in [2.05, 4.69) is 34.8 Å². The third kappa shape index (κ3) is 5.71. The van der Waals surface area contributed by atoms with Crippen LogP contribution in [-0.2, 0) is 21.8 Å². The molecule has 1 amide bonds. The van der Waals surface area contributed by atoms with Crippen molar-refractivity contribution >= 4 is 28.7 Å². The molecule has 0 aromatic heterocycles. The molecule has 5 heteroatoms. The first-order chi connectivity index (χ1) is 12.6. The number of carbonyl (C=O) groups is 1. The van der Waals surface area contributed by atoms with Gasteiger partial charge in [-0.2, -0.15) is 0 Å². The van der Waals surface area contributed by atoms with Gasteiger partial charge in [-0.3, -0.25) is 0 Å². The lowest BCUT2D eigenvalue weighted by atomic mass is 9.99. The highest BCUT2D eigenvalue weighted by Crippen LogP contribution is 2.35. The number of methoxy groups -OCH3 is 1. The third-order valence-electron chi connectivity index (χ3n) is 4.26. The Bertz CT molecular complexity index is 693. The van der Waals surface area contributed by atoms with Gasteiger partial charge in [0.25, 0.3) is 0 Å². The minimum absolute atomic E-state index is 0.417. The number of hydrogen-bond acceptors (Lipinski definition) is 3. The molecular weight excluding hydrogens is 441 g/mol. The fraction of sp³-hybridized carbons (Fsp3) is 0.381. The molecule has 0 fully saturated rings. The van der Waals surface area contributed by atoms with Crippen LogP contribution in [0.25, 0.3) is 0 Å². The number of benzene rings is 2. The van der Waals surface area contributed by atoms with Gasteiger partial charge in [-0.05, 0) is 40.6 Å². The largest absolute Gasteiger partial charge is 0.412 e. The maximum absolute atomic E-state index is 12.5. The Labute approximate surface area is 169 Å². The van der Waals surface area contributed by atoms with Crippen LogP contribution in [0, 0.1) is 3.57 Å². The highest BCUT2D eigenvalue weighted by Gasteiger charge is 2.37. The minimum Gasteiger partial charge on any atom is -0.412 e. The molecule has 140 valence electrons. The van der Waals surface area contributed by atoms with Crippen molar-refractivity contribution in [1.29, 1.82) is 0 Å². The maximum Gasteiger partial charge on any atom is 0.410 e. The summed E-state index contributed by atoms with van der Waals surface area (Å²) in [7, 11) is 1.60. The Balaban J connectivity index is 2.14. The fourth-order valence-corrected chi connectivity index (χ4v) is 3.63. The number of carbonyl (C=O) groups excluding carboxylic acids is 1. The standard InChI is InChI=1S/C21H26INO3/c1-3-4-10-15-21(25-2,18-13-8-9-14-19(18)22)26-20(24)23-16-17-11-6-5-7-12-17/h5-9,11-14H,3-4,10,15-16H2,1-2H3,(H,23,24)/t21-/m0/s1. The van der Waals surface area contributed by atoms with E-state index in [-0.39, 0.29) is 0 Å². The minimum atomic E-state index is -1.08. The van der Waals surface area contributed by atoms with Gasteiger partial charge in [0, 0.05) is 29.2 Å². The zero-order chi connectivity index (χ0) is 18.8. The molecule has 0 unspecified atom stereocenters. The molecular formula is C21H26INO3. The van der Waals surface area contributed by atoms with Gasteiger partial charge in [0.1, 0.15) is 0 Å². The van der Waals surface area contributed by atoms with E-state index in [1.165, 1.54) is 0 Å². The predicted octanol–water partition coefficient (Wildman–Crippen LogP) is 5.60. The number of amides is 1. The van der Waals surface area contributed by atoms with E-state index < -0.39 is 11.9 Å². The molecule has 0 aliphatic carbocycles. The monoisotopic (exact) mass is 467 g/mol. The lowest BCUT2D eigenvalue weighted by molar-refractivity contribution is -0.199. The van der Waals surface area contributed by atoms with Crippen molar-refractivity contribution < 1.29 is 14.3 Å². The van der Waals surface area contributed by atoms with Gasteiger partial charge in [0.05, 0.1) is 0 Å². The summed E-state index contributed by atoms with van der Waals surface area (Å²) in [6.45, 7) is 2.56. The van der Waals surface area contributed by atoms with E-state index in [4.69, 9.17) is 9.47 Å². The number of ether oxygens (including phenoxy) is 2. The lowest BCUT2D eigenvalue weighted by Gasteiger charge is -2.33. The van der Waals surface area contributed by atoms with Gasteiger partial charge >= 0.3 is 6.09 Å². The number of rotatable bonds is 9. The van der Waals surface area contributed by atoms with Crippen LogP contribution < -0.4 is 5.32 Å². The Kier molecular flexibility index (Phi) is 8.38. The van der Waals surface area contributed by atoms with Gasteiger partial charge in [0.2, 0.25) is 5.79 Å². The Hall–Kier alpha value is -1.60. The molecule has 0 spiro atoms. The zero-order valence-electron chi connectivity index (χ0n) is 15.3. The van der Waals surface area contributed by atoms with Crippen molar-refractivity contribution in [2.75, 3.05) is 7.11 Å². The van der Waals surface area contributed by atoms with Crippen LogP contribution in [0.3, 0.4) is 0 Å². The molecule has 0 aliphatic rings. The number of hydrogen-bond donors (Lipinski definition) is 1. The van der Waals surface area contributed by atoms with Crippen LogP contribution in [0.4, 0.5) is 4.79 Å². The highest BCUT2D eigenvalue weighted by atomic mass is 127. The first-order valence-corrected chi connectivity index (χ1v) is 10.00. The molecule has 2 rings (SSSR count). The highest BCUT2D eigenvalue weighted by molar-refractivity contribution is 14.1. The first kappa shape index (κ1) is 20.7. The van der Waals surface area contributed by atoms with E-state index >= 15 is 0 Å². The Morgan fingerprint density at radius 2 is 1.77 bits per heavy atom. The zero-order valence-corrected chi connectivity index (χ0v) is 17.5. The third-order valence-corrected chi connectivity index (χ3v) is 5.20. The number of nitrogens with one attached hydrogen (secondary N) is 1. The van der Waals surface area contributed by atoms with E-state index in [0.29, 0.717) is 13.0 Å². The molecule has 0 aliphatic heterocycles. The summed E-state index contributed by atoms with van der Waals surface area (Å²) in [4.78, 5) is 12.5. The summed E-state index contributed by atoms with van der Waals surface area (Å²) in [6.07, 6.45) is 3.21. The number of halogens is 1. The summed E-state index contributed by atoms with van der Waals surface area (Å²) in [5.41, 5.74) is 1.90. The summed E-state index contributed by atoms with van der Waals surface area (Å²) >= 11 is 2.26. The van der Waals surface area contributed by atoms with Crippen LogP contribution in [0.2, 0.25) is 0 Å². The SMILES string of the molecule is CCCCC[C@](OC)(OC(=O)NCc1ccccc1)c1ccccc1I. The molecule has 1 N–H and O–H groups in total. The molecule has 0 heterocycles. The molecule has 0 bridgehead atoms. The average Bonchev–Trinajstić information content (AvgIpc) is 2.67. The summed E-state index contributed by atoms with van der Waals surface area (Å²) in [6, 6.07) is 17.6. The topological polar surface area (TPSA) is 47.6 Å². The van der Waals surface area contributed by atoms with Gasteiger partial charge < -0.3 is 14.8 Å². The first-order valence-electron chi connectivity index (χ1n) is 8.92. The molecule has 0 saturated heterocycles. The second-order valence-electron chi connectivity index (χ2n) is 6.12. The number of unbranched alkanes of at least 4 members (excludes halogenated alkanes) is 2. The van der Waals surface area contributed by atoms with Crippen molar-refractivity contribution in [2.24, 2.45) is 0 Å². The summed E-state index contributed by atoms with van der Waals surface area (Å²) in [5.74, 6) is -1.08. The van der Waals surface area contributed by atoms with Crippen molar-refractivity contribution in [3.05, 3.63) is 69.3 Å². The second kappa shape index (κ2) is 10.5. The summed E-state index contributed by atoms with van der Waals surface area (Å²) in [5, 5.41) is 2.82. The van der Waals surface area contributed by atoms with E-state index in [9.17, 15) is 4.79 Å². The fourth-order valence-electron chi connectivity index (χ4n) is 2.83. The van der Waals surface area contributed by atoms with Gasteiger partial charge in [-0.15, -0.1) is 0 Å². The van der Waals surface area contributed by atoms with Crippen molar-refractivity contribution in [3.63, 3.8) is 0 Å². The van der Waals surface area contributed by atoms with E-state index in [0.717, 1.165) is 34.0 Å². The van der Waals surface area contributed by atoms with Gasteiger partial charge in [0.15, 0.2) is 0 Å². The molecule has 0 saturated carbocycles. The van der Waals surface area contributed by atoms with Crippen molar-refractivity contribution in [1.82, 2.24) is 5.32 Å². The second-order valence-corrected chi connectivity index (χ2v) is 7.28. The molecule has 2 aromatic rings. The lowest BCUT2D eigenvalue weighted by Crippen LogP contribution is -2.39. The maximum atomic E-state index is 12.5. The summed E-state index contributed by atoms with van der Waals surface area (Å²) < 4.78 is 12.6.